The fourth-order valence-electron chi connectivity index (χ4n) is 1.90. The summed E-state index contributed by atoms with van der Waals surface area (Å²) in [5.41, 5.74) is 1.90. The van der Waals surface area contributed by atoms with Crippen molar-refractivity contribution in [2.24, 2.45) is 0 Å². The van der Waals surface area contributed by atoms with E-state index in [1.807, 2.05) is 35.5 Å². The number of nitrogens with zero attached hydrogens (tertiary/aromatic N) is 4. The third kappa shape index (κ3) is 2.55. The molecule has 2 rings (SSSR count). The van der Waals surface area contributed by atoms with Crippen molar-refractivity contribution in [2.75, 3.05) is 0 Å². The number of aryl methyl sites for hydroxylation is 2. The van der Waals surface area contributed by atoms with E-state index >= 15 is 0 Å². The van der Waals surface area contributed by atoms with Gasteiger partial charge in [0.15, 0.2) is 0 Å². The molecule has 1 unspecified atom stereocenters. The average molecular weight is 234 g/mol. The van der Waals surface area contributed by atoms with Gasteiger partial charge >= 0.3 is 0 Å². The molecule has 2 aromatic rings. The molecule has 5 nitrogen and oxygen atoms in total. The van der Waals surface area contributed by atoms with Crippen molar-refractivity contribution in [3.8, 4) is 0 Å². The lowest BCUT2D eigenvalue weighted by atomic mass is 10.1. The fourth-order valence-corrected chi connectivity index (χ4v) is 1.90. The molecule has 1 N–H and O–H groups in total. The molecule has 0 saturated heterocycles. The van der Waals surface area contributed by atoms with Gasteiger partial charge in [-0.3, -0.25) is 9.36 Å². The first-order chi connectivity index (χ1) is 8.24. The van der Waals surface area contributed by atoms with Crippen LogP contribution in [0.2, 0.25) is 0 Å². The van der Waals surface area contributed by atoms with E-state index in [0.29, 0.717) is 6.42 Å². The van der Waals surface area contributed by atoms with E-state index in [9.17, 15) is 5.11 Å². The van der Waals surface area contributed by atoms with Gasteiger partial charge in [0.25, 0.3) is 0 Å². The van der Waals surface area contributed by atoms with Gasteiger partial charge in [0.1, 0.15) is 0 Å². The fraction of sp³-hybridized carbons (Fsp3) is 0.500. The maximum Gasteiger partial charge on any atom is 0.0997 e. The van der Waals surface area contributed by atoms with Crippen LogP contribution in [0.5, 0.6) is 0 Å². The van der Waals surface area contributed by atoms with Gasteiger partial charge in [0.05, 0.1) is 18.0 Å². The molecule has 0 aromatic carbocycles. The van der Waals surface area contributed by atoms with Gasteiger partial charge in [0, 0.05) is 31.9 Å². The van der Waals surface area contributed by atoms with Crippen LogP contribution in [0.1, 0.15) is 31.2 Å². The molecule has 1 atom stereocenters. The molecule has 0 radical (unpaired) electrons. The lowest BCUT2D eigenvalue weighted by molar-refractivity contribution is 0.167. The van der Waals surface area contributed by atoms with Gasteiger partial charge in [-0.05, 0) is 25.5 Å². The molecule has 2 heterocycles. The Labute approximate surface area is 101 Å². The Kier molecular flexibility index (Phi) is 3.58. The van der Waals surface area contributed by atoms with Crippen LogP contribution in [0.25, 0.3) is 0 Å². The van der Waals surface area contributed by atoms with E-state index in [-0.39, 0.29) is 0 Å². The summed E-state index contributed by atoms with van der Waals surface area (Å²) < 4.78 is 3.67. The normalized spacial score (nSPS) is 12.9. The zero-order valence-corrected chi connectivity index (χ0v) is 10.2. The smallest absolute Gasteiger partial charge is 0.0997 e. The second-order valence-corrected chi connectivity index (χ2v) is 4.00. The first-order valence-corrected chi connectivity index (χ1v) is 5.95. The summed E-state index contributed by atoms with van der Waals surface area (Å²) in [5, 5.41) is 18.5. The number of hydrogen-bond acceptors (Lipinski definition) is 3. The van der Waals surface area contributed by atoms with Crippen molar-refractivity contribution >= 4 is 0 Å². The minimum absolute atomic E-state index is 0.521. The third-order valence-electron chi connectivity index (χ3n) is 2.83. The highest BCUT2D eigenvalue weighted by Crippen LogP contribution is 2.17. The summed E-state index contributed by atoms with van der Waals surface area (Å²) >= 11 is 0. The van der Waals surface area contributed by atoms with E-state index < -0.39 is 6.10 Å². The molecular formula is C12H18N4O. The number of aliphatic hydroxyl groups excluding tert-OH is 1. The van der Waals surface area contributed by atoms with Gasteiger partial charge < -0.3 is 5.11 Å². The Bertz CT molecular complexity index is 474. The van der Waals surface area contributed by atoms with Crippen LogP contribution >= 0.6 is 0 Å². The summed E-state index contributed by atoms with van der Waals surface area (Å²) in [6.45, 7) is 5.67. The standard InChI is InChI=1S/C12H18N4O/c1-3-15-9-10(8-14-15)7-12(17)11-5-6-13-16(11)4-2/h5-6,8-9,12,17H,3-4,7H2,1-2H3. The maximum atomic E-state index is 10.2. The first-order valence-electron chi connectivity index (χ1n) is 5.95. The Balaban J connectivity index is 2.08. The second-order valence-electron chi connectivity index (χ2n) is 4.00. The number of rotatable bonds is 5. The van der Waals surface area contributed by atoms with E-state index in [0.717, 1.165) is 24.3 Å². The SMILES string of the molecule is CCn1cc(CC(O)c2ccnn2CC)cn1. The largest absolute Gasteiger partial charge is 0.386 e. The van der Waals surface area contributed by atoms with E-state index in [4.69, 9.17) is 0 Å². The topological polar surface area (TPSA) is 55.9 Å². The Hall–Kier alpha value is -1.62. The molecule has 0 saturated carbocycles. The Morgan fingerprint density at radius 2 is 2.12 bits per heavy atom. The molecule has 0 spiro atoms. The molecule has 0 amide bonds. The summed E-state index contributed by atoms with van der Waals surface area (Å²) in [6, 6.07) is 1.86. The van der Waals surface area contributed by atoms with Gasteiger partial charge in [-0.1, -0.05) is 0 Å². The molecule has 0 aliphatic rings. The quantitative estimate of drug-likeness (QED) is 0.850. The summed E-state index contributed by atoms with van der Waals surface area (Å²) in [5.74, 6) is 0. The summed E-state index contributed by atoms with van der Waals surface area (Å²) in [4.78, 5) is 0. The number of aromatic nitrogens is 4. The van der Waals surface area contributed by atoms with E-state index in [1.165, 1.54) is 0 Å². The van der Waals surface area contributed by atoms with E-state index in [1.54, 1.807) is 12.4 Å². The van der Waals surface area contributed by atoms with Gasteiger partial charge in [-0.15, -0.1) is 0 Å². The van der Waals surface area contributed by atoms with Crippen molar-refractivity contribution in [1.29, 1.82) is 0 Å². The zero-order chi connectivity index (χ0) is 12.3. The van der Waals surface area contributed by atoms with Crippen molar-refractivity contribution in [3.05, 3.63) is 35.9 Å². The Morgan fingerprint density at radius 1 is 1.29 bits per heavy atom. The second kappa shape index (κ2) is 5.14. The van der Waals surface area contributed by atoms with Crippen molar-refractivity contribution in [3.63, 3.8) is 0 Å². The minimum Gasteiger partial charge on any atom is -0.386 e. The van der Waals surface area contributed by atoms with Crippen LogP contribution in [0, 0.1) is 0 Å². The van der Waals surface area contributed by atoms with Crippen LogP contribution < -0.4 is 0 Å². The van der Waals surface area contributed by atoms with Crippen LogP contribution in [0.15, 0.2) is 24.7 Å². The molecule has 0 aliphatic carbocycles. The molecule has 0 fully saturated rings. The monoisotopic (exact) mass is 234 g/mol. The lowest BCUT2D eigenvalue weighted by Crippen LogP contribution is -2.09. The summed E-state index contributed by atoms with van der Waals surface area (Å²) in [7, 11) is 0. The first kappa shape index (κ1) is 11.9. The number of hydrogen-bond donors (Lipinski definition) is 1. The van der Waals surface area contributed by atoms with Crippen molar-refractivity contribution in [1.82, 2.24) is 19.6 Å². The third-order valence-corrected chi connectivity index (χ3v) is 2.83. The average Bonchev–Trinajstić information content (AvgIpc) is 2.96. The lowest BCUT2D eigenvalue weighted by Gasteiger charge is -2.11. The van der Waals surface area contributed by atoms with Crippen LogP contribution in [-0.4, -0.2) is 24.7 Å². The van der Waals surface area contributed by atoms with Crippen molar-refractivity contribution in [2.45, 2.75) is 39.5 Å². The highest BCUT2D eigenvalue weighted by molar-refractivity contribution is 5.12. The van der Waals surface area contributed by atoms with Crippen LogP contribution in [0.3, 0.4) is 0 Å². The molecule has 0 aliphatic heterocycles. The van der Waals surface area contributed by atoms with E-state index in [2.05, 4.69) is 10.2 Å². The molecular weight excluding hydrogens is 216 g/mol. The minimum atomic E-state index is -0.521. The molecule has 5 heteroatoms. The number of aliphatic hydroxyl groups is 1. The summed E-state index contributed by atoms with van der Waals surface area (Å²) in [6.07, 6.45) is 5.55. The van der Waals surface area contributed by atoms with Crippen LogP contribution in [0.4, 0.5) is 0 Å². The molecule has 92 valence electrons. The van der Waals surface area contributed by atoms with Gasteiger partial charge in [-0.25, -0.2) is 0 Å². The zero-order valence-electron chi connectivity index (χ0n) is 10.2. The Morgan fingerprint density at radius 3 is 2.76 bits per heavy atom. The molecule has 0 bridgehead atoms. The molecule has 2 aromatic heterocycles. The molecule has 17 heavy (non-hydrogen) atoms. The highest BCUT2D eigenvalue weighted by Gasteiger charge is 2.13. The van der Waals surface area contributed by atoms with Crippen molar-refractivity contribution < 1.29 is 5.11 Å². The van der Waals surface area contributed by atoms with Crippen LogP contribution in [-0.2, 0) is 19.5 Å². The van der Waals surface area contributed by atoms with Gasteiger partial charge in [-0.2, -0.15) is 10.2 Å². The maximum absolute atomic E-state index is 10.2. The van der Waals surface area contributed by atoms with Gasteiger partial charge in [0.2, 0.25) is 0 Å². The predicted octanol–water partition coefficient (Wildman–Crippen LogP) is 1.40. The predicted molar refractivity (Wildman–Crippen MR) is 64.5 cm³/mol. The highest BCUT2D eigenvalue weighted by atomic mass is 16.3.